The Kier molecular flexibility index (Phi) is 2.92. The second kappa shape index (κ2) is 4.72. The van der Waals surface area contributed by atoms with Crippen LogP contribution in [-0.2, 0) is 6.54 Å². The molecule has 0 amide bonds. The lowest BCUT2D eigenvalue weighted by Gasteiger charge is -2.31. The molecule has 0 aliphatic carbocycles. The number of hydrogen-bond acceptors (Lipinski definition) is 3. The van der Waals surface area contributed by atoms with Crippen LogP contribution in [0, 0.1) is 0 Å². The highest BCUT2D eigenvalue weighted by Gasteiger charge is 2.19. The molecular formula is C14H17N3. The number of nitrogens with zero attached hydrogens (tertiary/aromatic N) is 2. The van der Waals surface area contributed by atoms with Crippen molar-refractivity contribution in [3.8, 4) is 0 Å². The van der Waals surface area contributed by atoms with Gasteiger partial charge in [-0.3, -0.25) is 9.89 Å². The van der Waals surface area contributed by atoms with Crippen molar-refractivity contribution in [3.63, 3.8) is 0 Å². The molecule has 3 nitrogen and oxygen atoms in total. The Labute approximate surface area is 102 Å². The van der Waals surface area contributed by atoms with Crippen LogP contribution in [0.25, 0.3) is 0 Å². The van der Waals surface area contributed by atoms with Gasteiger partial charge in [0.2, 0.25) is 0 Å². The minimum absolute atomic E-state index is 0.734. The van der Waals surface area contributed by atoms with Crippen LogP contribution in [0.5, 0.6) is 0 Å². The minimum atomic E-state index is 0.734. The summed E-state index contributed by atoms with van der Waals surface area (Å²) in [4.78, 5) is 6.74. The second-order valence-electron chi connectivity index (χ2n) is 4.60. The molecule has 3 heteroatoms. The predicted octanol–water partition coefficient (Wildman–Crippen LogP) is 1.78. The van der Waals surface area contributed by atoms with Crippen molar-refractivity contribution in [1.82, 2.24) is 10.2 Å². The molecule has 0 unspecified atom stereocenters. The van der Waals surface area contributed by atoms with Gasteiger partial charge in [0.1, 0.15) is 6.67 Å². The Morgan fingerprint density at radius 3 is 3.00 bits per heavy atom. The molecule has 0 saturated heterocycles. The molecule has 0 fully saturated rings. The number of hydrogen-bond donors (Lipinski definition) is 1. The Hall–Kier alpha value is -1.61. The molecule has 3 rings (SSSR count). The zero-order valence-corrected chi connectivity index (χ0v) is 9.89. The van der Waals surface area contributed by atoms with Gasteiger partial charge in [0, 0.05) is 31.5 Å². The Morgan fingerprint density at radius 2 is 2.12 bits per heavy atom. The second-order valence-corrected chi connectivity index (χ2v) is 4.60. The lowest BCUT2D eigenvalue weighted by molar-refractivity contribution is 0.272. The lowest BCUT2D eigenvalue weighted by atomic mass is 10.0. The van der Waals surface area contributed by atoms with Crippen LogP contribution in [0.3, 0.4) is 0 Å². The van der Waals surface area contributed by atoms with Crippen LogP contribution in [0.1, 0.15) is 12.0 Å². The summed E-state index contributed by atoms with van der Waals surface area (Å²) >= 11 is 0. The van der Waals surface area contributed by atoms with E-state index in [9.17, 15) is 0 Å². The molecule has 2 aliphatic heterocycles. The Morgan fingerprint density at radius 1 is 1.24 bits per heavy atom. The topological polar surface area (TPSA) is 27.6 Å². The summed E-state index contributed by atoms with van der Waals surface area (Å²) in [6.45, 7) is 3.92. The maximum absolute atomic E-state index is 4.26. The van der Waals surface area contributed by atoms with Crippen molar-refractivity contribution in [1.29, 1.82) is 0 Å². The molecule has 1 N–H and O–H groups in total. The first-order chi connectivity index (χ1) is 8.42. The van der Waals surface area contributed by atoms with E-state index < -0.39 is 0 Å². The van der Waals surface area contributed by atoms with E-state index in [0.717, 1.165) is 32.7 Å². The van der Waals surface area contributed by atoms with Gasteiger partial charge in [-0.1, -0.05) is 30.3 Å². The molecule has 0 radical (unpaired) electrons. The normalized spacial score (nSPS) is 20.0. The van der Waals surface area contributed by atoms with Crippen LogP contribution in [0.2, 0.25) is 0 Å². The van der Waals surface area contributed by atoms with Gasteiger partial charge in [-0.15, -0.1) is 0 Å². The Bertz CT molecular complexity index is 448. The molecule has 0 atom stereocenters. The van der Waals surface area contributed by atoms with Crippen LogP contribution in [0.4, 0.5) is 0 Å². The molecular weight excluding hydrogens is 210 g/mol. The summed E-state index contributed by atoms with van der Waals surface area (Å²) in [7, 11) is 0. The molecule has 2 heterocycles. The summed E-state index contributed by atoms with van der Waals surface area (Å²) in [5, 5.41) is 3.38. The zero-order valence-electron chi connectivity index (χ0n) is 9.89. The fourth-order valence-corrected chi connectivity index (χ4v) is 2.42. The quantitative estimate of drug-likeness (QED) is 0.834. The minimum Gasteiger partial charge on any atom is -0.368 e. The van der Waals surface area contributed by atoms with Crippen LogP contribution < -0.4 is 5.32 Å². The highest BCUT2D eigenvalue weighted by molar-refractivity contribution is 5.80. The third kappa shape index (κ3) is 2.39. The fourth-order valence-electron chi connectivity index (χ4n) is 2.42. The van der Waals surface area contributed by atoms with E-state index in [1.54, 1.807) is 0 Å². The Balaban J connectivity index is 1.68. The molecule has 1 aromatic carbocycles. The number of rotatable bonds is 2. The van der Waals surface area contributed by atoms with Crippen molar-refractivity contribution >= 4 is 6.21 Å². The van der Waals surface area contributed by atoms with Gasteiger partial charge in [-0.05, 0) is 17.6 Å². The van der Waals surface area contributed by atoms with Gasteiger partial charge in [-0.2, -0.15) is 0 Å². The highest BCUT2D eigenvalue weighted by Crippen LogP contribution is 2.18. The molecule has 0 spiro atoms. The molecule has 2 aliphatic rings. The monoisotopic (exact) mass is 227 g/mol. The third-order valence-electron chi connectivity index (χ3n) is 3.35. The standard InChI is InChI=1S/C14H17N3/c1-2-4-12(5-3-1)9-17-7-6-13-8-15-11-16-14(13)10-17/h1-5,8,16H,6-7,9-11H2. The average Bonchev–Trinajstić information content (AvgIpc) is 2.40. The van der Waals surface area contributed by atoms with E-state index in [0.29, 0.717) is 0 Å². The van der Waals surface area contributed by atoms with E-state index in [-0.39, 0.29) is 0 Å². The van der Waals surface area contributed by atoms with Crippen molar-refractivity contribution < 1.29 is 0 Å². The van der Waals surface area contributed by atoms with Gasteiger partial charge < -0.3 is 5.32 Å². The van der Waals surface area contributed by atoms with Crippen molar-refractivity contribution in [2.45, 2.75) is 13.0 Å². The van der Waals surface area contributed by atoms with Crippen LogP contribution >= 0.6 is 0 Å². The first kappa shape index (κ1) is 10.5. The number of benzene rings is 1. The summed E-state index contributed by atoms with van der Waals surface area (Å²) in [5.41, 5.74) is 4.14. The fraction of sp³-hybridized carbons (Fsp3) is 0.357. The highest BCUT2D eigenvalue weighted by atomic mass is 15.2. The van der Waals surface area contributed by atoms with E-state index in [2.05, 4.69) is 45.5 Å². The van der Waals surface area contributed by atoms with Crippen molar-refractivity contribution in [2.75, 3.05) is 19.8 Å². The molecule has 0 bridgehead atoms. The van der Waals surface area contributed by atoms with Crippen LogP contribution in [-0.4, -0.2) is 30.9 Å². The maximum atomic E-state index is 4.26. The molecule has 1 aromatic rings. The molecule has 0 aromatic heterocycles. The largest absolute Gasteiger partial charge is 0.368 e. The molecule has 17 heavy (non-hydrogen) atoms. The lowest BCUT2D eigenvalue weighted by Crippen LogP contribution is -2.37. The van der Waals surface area contributed by atoms with Crippen molar-refractivity contribution in [3.05, 3.63) is 47.2 Å². The average molecular weight is 227 g/mol. The molecule has 0 saturated carbocycles. The van der Waals surface area contributed by atoms with E-state index in [1.165, 1.54) is 16.8 Å². The SMILES string of the molecule is C1=NCNC2=C1CCN(Cc1ccccc1)C2. The van der Waals surface area contributed by atoms with Crippen LogP contribution in [0.15, 0.2) is 46.6 Å². The van der Waals surface area contributed by atoms with E-state index >= 15 is 0 Å². The first-order valence-corrected chi connectivity index (χ1v) is 6.14. The van der Waals surface area contributed by atoms with Gasteiger partial charge in [0.15, 0.2) is 0 Å². The first-order valence-electron chi connectivity index (χ1n) is 6.14. The predicted molar refractivity (Wildman–Crippen MR) is 69.9 cm³/mol. The van der Waals surface area contributed by atoms with Crippen molar-refractivity contribution in [2.24, 2.45) is 4.99 Å². The van der Waals surface area contributed by atoms with E-state index in [1.807, 2.05) is 6.21 Å². The summed E-state index contributed by atoms with van der Waals surface area (Å²) in [6.07, 6.45) is 3.14. The third-order valence-corrected chi connectivity index (χ3v) is 3.35. The molecule has 88 valence electrons. The van der Waals surface area contributed by atoms with Gasteiger partial charge in [0.05, 0.1) is 0 Å². The maximum Gasteiger partial charge on any atom is 0.107 e. The number of aliphatic imine (C=N–C) groups is 1. The zero-order chi connectivity index (χ0) is 11.5. The summed E-state index contributed by atoms with van der Waals surface area (Å²) in [6, 6.07) is 10.7. The summed E-state index contributed by atoms with van der Waals surface area (Å²) in [5.74, 6) is 0. The summed E-state index contributed by atoms with van der Waals surface area (Å²) < 4.78 is 0. The van der Waals surface area contributed by atoms with Gasteiger partial charge >= 0.3 is 0 Å². The smallest absolute Gasteiger partial charge is 0.107 e. The van der Waals surface area contributed by atoms with Gasteiger partial charge in [-0.25, -0.2) is 0 Å². The van der Waals surface area contributed by atoms with E-state index in [4.69, 9.17) is 0 Å². The van der Waals surface area contributed by atoms with Gasteiger partial charge in [0.25, 0.3) is 0 Å². The number of nitrogens with one attached hydrogen (secondary N) is 1.